The molecule has 0 heterocycles. The summed E-state index contributed by atoms with van der Waals surface area (Å²) in [6.45, 7) is 0. The summed E-state index contributed by atoms with van der Waals surface area (Å²) in [7, 11) is 0. The van der Waals surface area contributed by atoms with Gasteiger partial charge in [0.05, 0.1) is 5.41 Å². The van der Waals surface area contributed by atoms with Gasteiger partial charge in [-0.3, -0.25) is 0 Å². The van der Waals surface area contributed by atoms with E-state index in [4.69, 9.17) is 0 Å². The summed E-state index contributed by atoms with van der Waals surface area (Å²) < 4.78 is 0. The molecule has 0 aromatic heterocycles. The van der Waals surface area contributed by atoms with E-state index in [-0.39, 0.29) is 0 Å². The van der Waals surface area contributed by atoms with Crippen molar-refractivity contribution >= 4 is 27.8 Å². The molecule has 1 heteroatoms. The second-order valence-electron chi connectivity index (χ2n) is 14.1. The van der Waals surface area contributed by atoms with Gasteiger partial charge in [-0.25, -0.2) is 0 Å². The van der Waals surface area contributed by atoms with Crippen LogP contribution in [0, 0.1) is 0 Å². The molecule has 0 N–H and O–H groups in total. The van der Waals surface area contributed by atoms with Crippen molar-refractivity contribution in [2.75, 3.05) is 4.90 Å². The van der Waals surface area contributed by atoms with E-state index in [0.29, 0.717) is 0 Å². The van der Waals surface area contributed by atoms with Gasteiger partial charge in [-0.2, -0.15) is 0 Å². The summed E-state index contributed by atoms with van der Waals surface area (Å²) in [6.07, 6.45) is 0. The van der Waals surface area contributed by atoms with Crippen molar-refractivity contribution in [3.05, 3.63) is 247 Å². The summed E-state index contributed by atoms with van der Waals surface area (Å²) in [5.41, 5.74) is 15.3. The highest BCUT2D eigenvalue weighted by atomic mass is 15.1. The molecule has 0 saturated heterocycles. The first-order valence-electron chi connectivity index (χ1n) is 18.7. The van der Waals surface area contributed by atoms with E-state index in [1.165, 1.54) is 66.4 Å². The van der Waals surface area contributed by atoms with Crippen molar-refractivity contribution in [2.45, 2.75) is 5.41 Å². The Morgan fingerprint density at radius 2 is 0.796 bits per heavy atom. The molecule has 0 fully saturated rings. The zero-order valence-electron chi connectivity index (χ0n) is 29.8. The lowest BCUT2D eigenvalue weighted by molar-refractivity contribution is 0.768. The van der Waals surface area contributed by atoms with Gasteiger partial charge in [0, 0.05) is 17.1 Å². The van der Waals surface area contributed by atoms with Crippen LogP contribution in [0.5, 0.6) is 0 Å². The van der Waals surface area contributed by atoms with Gasteiger partial charge in [-0.1, -0.05) is 188 Å². The fourth-order valence-electron chi connectivity index (χ4n) is 8.76. The van der Waals surface area contributed by atoms with Crippen LogP contribution in [0.1, 0.15) is 22.3 Å². The normalized spacial score (nSPS) is 12.6. The number of fused-ring (bicyclic) bond motifs is 4. The van der Waals surface area contributed by atoms with Crippen molar-refractivity contribution in [1.29, 1.82) is 0 Å². The number of rotatable bonds is 7. The summed E-state index contributed by atoms with van der Waals surface area (Å²) >= 11 is 0. The number of hydrogen-bond donors (Lipinski definition) is 0. The van der Waals surface area contributed by atoms with Crippen molar-refractivity contribution in [3.8, 4) is 33.4 Å². The molecular formula is C53H37N. The lowest BCUT2D eigenvalue weighted by Gasteiger charge is -2.35. The molecule has 0 amide bonds. The first kappa shape index (κ1) is 31.7. The Balaban J connectivity index is 1.23. The molecule has 1 aliphatic rings. The summed E-state index contributed by atoms with van der Waals surface area (Å²) in [6, 6.07) is 82.1. The fourth-order valence-corrected chi connectivity index (χ4v) is 8.76. The van der Waals surface area contributed by atoms with Gasteiger partial charge in [-0.15, -0.1) is 0 Å². The molecule has 9 aromatic carbocycles. The third kappa shape index (κ3) is 5.17. The van der Waals surface area contributed by atoms with Crippen LogP contribution in [0.4, 0.5) is 17.1 Å². The van der Waals surface area contributed by atoms with E-state index in [2.05, 4.69) is 229 Å². The van der Waals surface area contributed by atoms with Gasteiger partial charge in [0.25, 0.3) is 0 Å². The average Bonchev–Trinajstić information content (AvgIpc) is 3.55. The molecule has 9 aromatic rings. The minimum Gasteiger partial charge on any atom is -0.310 e. The van der Waals surface area contributed by atoms with E-state index in [0.717, 1.165) is 17.1 Å². The second kappa shape index (κ2) is 13.2. The van der Waals surface area contributed by atoms with Crippen LogP contribution >= 0.6 is 0 Å². The molecule has 0 aliphatic heterocycles. The smallest absolute Gasteiger partial charge is 0.0714 e. The molecule has 0 saturated carbocycles. The zero-order chi connectivity index (χ0) is 35.9. The minimum atomic E-state index is -0.493. The van der Waals surface area contributed by atoms with Crippen LogP contribution in [-0.4, -0.2) is 0 Å². The van der Waals surface area contributed by atoms with Crippen LogP contribution < -0.4 is 4.90 Å². The summed E-state index contributed by atoms with van der Waals surface area (Å²) in [4.78, 5) is 2.44. The van der Waals surface area contributed by atoms with Crippen LogP contribution in [0.25, 0.3) is 44.2 Å². The molecule has 54 heavy (non-hydrogen) atoms. The van der Waals surface area contributed by atoms with Gasteiger partial charge in [-0.05, 0) is 103 Å². The highest BCUT2D eigenvalue weighted by Crippen LogP contribution is 2.57. The standard InChI is InChI=1S/C53H37N/c1-4-17-38(18-5-1)40-21-14-27-44(35-40)54(45-28-15-22-41(36-45)48-31-16-20-39-19-10-11-29-47(39)48)46-33-34-50-49-30-12-13-32-51(49)53(52(50)37-46,42-23-6-2-7-24-42)43-25-8-3-9-26-43/h1-37H. The lowest BCUT2D eigenvalue weighted by Crippen LogP contribution is -2.28. The van der Waals surface area contributed by atoms with E-state index < -0.39 is 5.41 Å². The molecule has 0 spiro atoms. The lowest BCUT2D eigenvalue weighted by atomic mass is 9.67. The van der Waals surface area contributed by atoms with Gasteiger partial charge < -0.3 is 4.90 Å². The Morgan fingerprint density at radius 3 is 1.54 bits per heavy atom. The van der Waals surface area contributed by atoms with Crippen LogP contribution in [0.3, 0.4) is 0 Å². The average molecular weight is 688 g/mol. The first-order chi connectivity index (χ1) is 26.8. The van der Waals surface area contributed by atoms with Crippen molar-refractivity contribution in [1.82, 2.24) is 0 Å². The van der Waals surface area contributed by atoms with Crippen molar-refractivity contribution in [2.24, 2.45) is 0 Å². The third-order valence-corrected chi connectivity index (χ3v) is 11.1. The summed E-state index contributed by atoms with van der Waals surface area (Å²) in [5.74, 6) is 0. The highest BCUT2D eigenvalue weighted by Gasteiger charge is 2.46. The Morgan fingerprint density at radius 1 is 0.296 bits per heavy atom. The molecule has 0 radical (unpaired) electrons. The largest absolute Gasteiger partial charge is 0.310 e. The molecular weight excluding hydrogens is 651 g/mol. The SMILES string of the molecule is c1ccc(-c2cccc(N(c3cccc(-c4cccc5ccccc45)c3)c3ccc4c(c3)C(c3ccccc3)(c3ccccc3)c3ccccc3-4)c2)cc1. The predicted octanol–water partition coefficient (Wildman–Crippen LogP) is 14.0. The fraction of sp³-hybridized carbons (Fsp3) is 0.0189. The molecule has 254 valence electrons. The Labute approximate surface area is 317 Å². The van der Waals surface area contributed by atoms with Gasteiger partial charge in [0.1, 0.15) is 0 Å². The van der Waals surface area contributed by atoms with Crippen LogP contribution in [-0.2, 0) is 5.41 Å². The molecule has 0 unspecified atom stereocenters. The molecule has 0 bridgehead atoms. The minimum absolute atomic E-state index is 0.493. The number of nitrogens with zero attached hydrogens (tertiary/aromatic N) is 1. The maximum Gasteiger partial charge on any atom is 0.0714 e. The van der Waals surface area contributed by atoms with Gasteiger partial charge in [0.15, 0.2) is 0 Å². The van der Waals surface area contributed by atoms with E-state index in [1.807, 2.05) is 0 Å². The van der Waals surface area contributed by atoms with Gasteiger partial charge >= 0.3 is 0 Å². The Bertz CT molecular complexity index is 2720. The molecule has 1 nitrogen and oxygen atoms in total. The maximum atomic E-state index is 2.45. The monoisotopic (exact) mass is 687 g/mol. The molecule has 0 atom stereocenters. The first-order valence-corrected chi connectivity index (χ1v) is 18.7. The Kier molecular flexibility index (Phi) is 7.78. The highest BCUT2D eigenvalue weighted by molar-refractivity contribution is 5.98. The number of hydrogen-bond acceptors (Lipinski definition) is 1. The summed E-state index contributed by atoms with van der Waals surface area (Å²) in [5, 5.41) is 2.49. The molecule has 10 rings (SSSR count). The maximum absolute atomic E-state index is 2.45. The van der Waals surface area contributed by atoms with E-state index >= 15 is 0 Å². The third-order valence-electron chi connectivity index (χ3n) is 11.1. The topological polar surface area (TPSA) is 3.24 Å². The zero-order valence-corrected chi connectivity index (χ0v) is 29.8. The number of anilines is 3. The van der Waals surface area contributed by atoms with Crippen LogP contribution in [0.15, 0.2) is 224 Å². The Hall–Kier alpha value is -6.96. The van der Waals surface area contributed by atoms with E-state index in [1.54, 1.807) is 0 Å². The second-order valence-corrected chi connectivity index (χ2v) is 14.1. The van der Waals surface area contributed by atoms with Gasteiger partial charge in [0.2, 0.25) is 0 Å². The predicted molar refractivity (Wildman–Crippen MR) is 227 cm³/mol. The van der Waals surface area contributed by atoms with E-state index in [9.17, 15) is 0 Å². The van der Waals surface area contributed by atoms with Crippen molar-refractivity contribution < 1.29 is 0 Å². The molecule has 1 aliphatic carbocycles. The number of benzene rings is 9. The quantitative estimate of drug-likeness (QED) is 0.161. The van der Waals surface area contributed by atoms with Crippen LogP contribution in [0.2, 0.25) is 0 Å². The van der Waals surface area contributed by atoms with Crippen molar-refractivity contribution in [3.63, 3.8) is 0 Å².